The Labute approximate surface area is 119 Å². The van der Waals surface area contributed by atoms with Crippen LogP contribution in [-0.4, -0.2) is 4.98 Å². The SMILES string of the molecule is CC(C)(C)CCCCCCCCCc1ccncc1. The van der Waals surface area contributed by atoms with Crippen LogP contribution in [0.3, 0.4) is 0 Å². The Kier molecular flexibility index (Phi) is 7.78. The predicted octanol–water partition coefficient (Wildman–Crippen LogP) is 5.79. The first-order valence-corrected chi connectivity index (χ1v) is 7.97. The highest BCUT2D eigenvalue weighted by molar-refractivity contribution is 5.09. The number of hydrogen-bond donors (Lipinski definition) is 0. The summed E-state index contributed by atoms with van der Waals surface area (Å²) in [5.74, 6) is 0. The number of unbranched alkanes of at least 4 members (excludes halogenated alkanes) is 6. The summed E-state index contributed by atoms with van der Waals surface area (Å²) in [4.78, 5) is 4.05. The smallest absolute Gasteiger partial charge is 0.0270 e. The Balaban J connectivity index is 1.87. The lowest BCUT2D eigenvalue weighted by atomic mass is 9.89. The largest absolute Gasteiger partial charge is 0.265 e. The van der Waals surface area contributed by atoms with Crippen molar-refractivity contribution in [1.29, 1.82) is 0 Å². The van der Waals surface area contributed by atoms with Gasteiger partial charge in [-0.05, 0) is 42.4 Å². The molecule has 0 spiro atoms. The topological polar surface area (TPSA) is 12.9 Å². The lowest BCUT2D eigenvalue weighted by Gasteiger charge is -2.17. The lowest BCUT2D eigenvalue weighted by Crippen LogP contribution is -2.03. The van der Waals surface area contributed by atoms with Crippen molar-refractivity contribution in [3.63, 3.8) is 0 Å². The highest BCUT2D eigenvalue weighted by atomic mass is 14.6. The summed E-state index contributed by atoms with van der Waals surface area (Å²) in [6.45, 7) is 7.02. The average Bonchev–Trinajstić information content (AvgIpc) is 2.37. The fraction of sp³-hybridized carbons (Fsp3) is 0.722. The van der Waals surface area contributed by atoms with E-state index in [2.05, 4.69) is 37.9 Å². The molecule has 0 saturated carbocycles. The standard InChI is InChI=1S/C18H31N/c1-18(2,3)14-10-8-6-4-5-7-9-11-17-12-15-19-16-13-17/h12-13,15-16H,4-11,14H2,1-3H3. The molecule has 1 rings (SSSR count). The van der Waals surface area contributed by atoms with Crippen LogP contribution in [0.25, 0.3) is 0 Å². The summed E-state index contributed by atoms with van der Waals surface area (Å²) in [6, 6.07) is 4.26. The lowest BCUT2D eigenvalue weighted by molar-refractivity contribution is 0.356. The highest BCUT2D eigenvalue weighted by Gasteiger charge is 2.08. The van der Waals surface area contributed by atoms with Gasteiger partial charge in [0.2, 0.25) is 0 Å². The zero-order valence-corrected chi connectivity index (χ0v) is 13.1. The number of nitrogens with zero attached hydrogens (tertiary/aromatic N) is 1. The maximum absolute atomic E-state index is 4.05. The highest BCUT2D eigenvalue weighted by Crippen LogP contribution is 2.22. The minimum atomic E-state index is 0.518. The Bertz CT molecular complexity index is 310. The second-order valence-corrected chi connectivity index (χ2v) is 6.89. The molecule has 0 radical (unpaired) electrons. The van der Waals surface area contributed by atoms with Crippen molar-refractivity contribution in [2.24, 2.45) is 5.41 Å². The molecule has 1 aromatic rings. The third-order valence-electron chi connectivity index (χ3n) is 3.64. The van der Waals surface area contributed by atoms with E-state index in [0.29, 0.717) is 5.41 Å². The van der Waals surface area contributed by atoms with Gasteiger partial charge < -0.3 is 0 Å². The minimum absolute atomic E-state index is 0.518. The van der Waals surface area contributed by atoms with Gasteiger partial charge in [-0.25, -0.2) is 0 Å². The summed E-state index contributed by atoms with van der Waals surface area (Å²) >= 11 is 0. The molecule has 108 valence electrons. The molecule has 0 unspecified atom stereocenters. The van der Waals surface area contributed by atoms with Gasteiger partial charge in [-0.2, -0.15) is 0 Å². The molecule has 0 aliphatic carbocycles. The molecule has 0 saturated heterocycles. The van der Waals surface area contributed by atoms with Gasteiger partial charge in [-0.1, -0.05) is 59.3 Å². The number of hydrogen-bond acceptors (Lipinski definition) is 1. The molecule has 1 heteroatoms. The maximum atomic E-state index is 4.05. The second kappa shape index (κ2) is 9.12. The second-order valence-electron chi connectivity index (χ2n) is 6.89. The van der Waals surface area contributed by atoms with Crippen molar-refractivity contribution in [3.8, 4) is 0 Å². The first kappa shape index (κ1) is 16.2. The summed E-state index contributed by atoms with van der Waals surface area (Å²) in [5.41, 5.74) is 1.95. The van der Waals surface area contributed by atoms with E-state index in [4.69, 9.17) is 0 Å². The van der Waals surface area contributed by atoms with Crippen molar-refractivity contribution in [2.75, 3.05) is 0 Å². The normalized spacial score (nSPS) is 11.7. The molecule has 0 aromatic carbocycles. The van der Waals surface area contributed by atoms with Gasteiger partial charge in [-0.3, -0.25) is 4.98 Å². The van der Waals surface area contributed by atoms with E-state index < -0.39 is 0 Å². The third kappa shape index (κ3) is 9.69. The Morgan fingerprint density at radius 2 is 1.32 bits per heavy atom. The van der Waals surface area contributed by atoms with E-state index in [0.717, 1.165) is 0 Å². The average molecular weight is 261 g/mol. The van der Waals surface area contributed by atoms with Gasteiger partial charge in [0.15, 0.2) is 0 Å². The van der Waals surface area contributed by atoms with Crippen LogP contribution in [0, 0.1) is 5.41 Å². The van der Waals surface area contributed by atoms with E-state index in [1.54, 1.807) is 0 Å². The van der Waals surface area contributed by atoms with Crippen molar-refractivity contribution >= 4 is 0 Å². The molecule has 1 nitrogen and oxygen atoms in total. The number of aryl methyl sites for hydroxylation is 1. The van der Waals surface area contributed by atoms with Gasteiger partial charge >= 0.3 is 0 Å². The molecule has 1 aromatic heterocycles. The van der Waals surface area contributed by atoms with Crippen LogP contribution in [0.1, 0.15) is 77.7 Å². The molecule has 0 N–H and O–H groups in total. The minimum Gasteiger partial charge on any atom is -0.265 e. The maximum Gasteiger partial charge on any atom is 0.0270 e. The third-order valence-corrected chi connectivity index (χ3v) is 3.64. The van der Waals surface area contributed by atoms with Gasteiger partial charge in [0.25, 0.3) is 0 Å². The van der Waals surface area contributed by atoms with Crippen molar-refractivity contribution in [3.05, 3.63) is 30.1 Å². The molecule has 0 aliphatic heterocycles. The van der Waals surface area contributed by atoms with Gasteiger partial charge in [0, 0.05) is 12.4 Å². The van der Waals surface area contributed by atoms with E-state index in [9.17, 15) is 0 Å². The van der Waals surface area contributed by atoms with Gasteiger partial charge in [0.1, 0.15) is 0 Å². The van der Waals surface area contributed by atoms with Crippen LogP contribution in [0.15, 0.2) is 24.5 Å². The Hall–Kier alpha value is -0.850. The molecule has 0 bridgehead atoms. The zero-order chi connectivity index (χ0) is 14.0. The summed E-state index contributed by atoms with van der Waals surface area (Å²) in [5, 5.41) is 0. The van der Waals surface area contributed by atoms with Crippen molar-refractivity contribution < 1.29 is 0 Å². The zero-order valence-electron chi connectivity index (χ0n) is 13.1. The number of pyridine rings is 1. The fourth-order valence-electron chi connectivity index (χ4n) is 2.42. The van der Waals surface area contributed by atoms with Crippen LogP contribution in [-0.2, 0) is 6.42 Å². The summed E-state index contributed by atoms with van der Waals surface area (Å²) in [6.07, 6.45) is 16.1. The molecule has 1 heterocycles. The quantitative estimate of drug-likeness (QED) is 0.513. The van der Waals surface area contributed by atoms with Crippen LogP contribution in [0.2, 0.25) is 0 Å². The summed E-state index contributed by atoms with van der Waals surface area (Å²) in [7, 11) is 0. The van der Waals surface area contributed by atoms with Gasteiger partial charge in [-0.15, -0.1) is 0 Å². The van der Waals surface area contributed by atoms with Crippen LogP contribution >= 0.6 is 0 Å². The first-order chi connectivity index (χ1) is 9.08. The summed E-state index contributed by atoms with van der Waals surface area (Å²) < 4.78 is 0. The van der Waals surface area contributed by atoms with E-state index in [1.807, 2.05) is 12.4 Å². The van der Waals surface area contributed by atoms with Crippen LogP contribution in [0.4, 0.5) is 0 Å². The predicted molar refractivity (Wildman–Crippen MR) is 84.3 cm³/mol. The molecule has 19 heavy (non-hydrogen) atoms. The monoisotopic (exact) mass is 261 g/mol. The number of aromatic nitrogens is 1. The van der Waals surface area contributed by atoms with Crippen LogP contribution in [0.5, 0.6) is 0 Å². The molecule has 0 fully saturated rings. The molecule has 0 atom stereocenters. The molecule has 0 amide bonds. The van der Waals surface area contributed by atoms with E-state index in [-0.39, 0.29) is 0 Å². The van der Waals surface area contributed by atoms with Crippen molar-refractivity contribution in [1.82, 2.24) is 4.98 Å². The van der Waals surface area contributed by atoms with Crippen LogP contribution < -0.4 is 0 Å². The Morgan fingerprint density at radius 3 is 1.89 bits per heavy atom. The fourth-order valence-corrected chi connectivity index (χ4v) is 2.42. The molecular formula is C18H31N. The van der Waals surface area contributed by atoms with Crippen molar-refractivity contribution in [2.45, 2.75) is 78.6 Å². The molecule has 0 aliphatic rings. The number of rotatable bonds is 9. The first-order valence-electron chi connectivity index (χ1n) is 7.97. The van der Waals surface area contributed by atoms with E-state index >= 15 is 0 Å². The Morgan fingerprint density at radius 1 is 0.789 bits per heavy atom. The molecular weight excluding hydrogens is 230 g/mol. The van der Waals surface area contributed by atoms with E-state index in [1.165, 1.54) is 63.4 Å². The van der Waals surface area contributed by atoms with Gasteiger partial charge in [0.05, 0.1) is 0 Å².